The number of nitrogens with zero attached hydrogens (tertiary/aromatic N) is 1. The summed E-state index contributed by atoms with van der Waals surface area (Å²) in [6.07, 6.45) is 4.07. The average Bonchev–Trinajstić information content (AvgIpc) is 2.86. The van der Waals surface area contributed by atoms with Crippen LogP contribution >= 0.6 is 0 Å². The molecule has 0 unspecified atom stereocenters. The molecule has 0 spiro atoms. The number of methoxy groups -OCH3 is 1. The van der Waals surface area contributed by atoms with Crippen LogP contribution in [0.4, 0.5) is 5.82 Å². The van der Waals surface area contributed by atoms with Crippen LogP contribution in [0.5, 0.6) is 11.5 Å². The fourth-order valence-corrected chi connectivity index (χ4v) is 2.75. The summed E-state index contributed by atoms with van der Waals surface area (Å²) in [6.45, 7) is 0. The zero-order chi connectivity index (χ0) is 13.4. The SMILES string of the molecule is COc1cc(-c2cc(N)n[nH]2)c(O)c2c1CCCC2. The van der Waals surface area contributed by atoms with Crippen molar-refractivity contribution in [1.29, 1.82) is 0 Å². The molecule has 3 rings (SSSR count). The van der Waals surface area contributed by atoms with Crippen LogP contribution in [0.1, 0.15) is 24.0 Å². The minimum atomic E-state index is 0.319. The van der Waals surface area contributed by atoms with E-state index in [2.05, 4.69) is 10.2 Å². The molecule has 5 heteroatoms. The predicted molar refractivity (Wildman–Crippen MR) is 73.3 cm³/mol. The van der Waals surface area contributed by atoms with Crippen molar-refractivity contribution in [3.8, 4) is 22.8 Å². The molecular formula is C14H17N3O2. The number of aromatic amines is 1. The highest BCUT2D eigenvalue weighted by Crippen LogP contribution is 2.42. The van der Waals surface area contributed by atoms with Crippen molar-refractivity contribution in [2.24, 2.45) is 0 Å². The molecule has 19 heavy (non-hydrogen) atoms. The van der Waals surface area contributed by atoms with Crippen LogP contribution < -0.4 is 10.5 Å². The number of hydrogen-bond donors (Lipinski definition) is 3. The van der Waals surface area contributed by atoms with Crippen molar-refractivity contribution in [3.63, 3.8) is 0 Å². The van der Waals surface area contributed by atoms with Gasteiger partial charge in [-0.25, -0.2) is 0 Å². The third kappa shape index (κ3) is 1.91. The summed E-state index contributed by atoms with van der Waals surface area (Å²) >= 11 is 0. The van der Waals surface area contributed by atoms with Crippen LogP contribution in [0.15, 0.2) is 12.1 Å². The van der Waals surface area contributed by atoms with E-state index >= 15 is 0 Å². The van der Waals surface area contributed by atoms with Crippen molar-refractivity contribution in [2.75, 3.05) is 12.8 Å². The van der Waals surface area contributed by atoms with E-state index in [-0.39, 0.29) is 0 Å². The zero-order valence-corrected chi connectivity index (χ0v) is 10.9. The average molecular weight is 259 g/mol. The molecule has 2 aromatic rings. The number of H-pyrrole nitrogens is 1. The minimum absolute atomic E-state index is 0.319. The van der Waals surface area contributed by atoms with Crippen molar-refractivity contribution in [1.82, 2.24) is 10.2 Å². The first-order chi connectivity index (χ1) is 9.20. The molecule has 0 aliphatic heterocycles. The minimum Gasteiger partial charge on any atom is -0.507 e. The zero-order valence-electron chi connectivity index (χ0n) is 10.9. The van der Waals surface area contributed by atoms with Gasteiger partial charge in [-0.05, 0) is 31.7 Å². The Morgan fingerprint density at radius 2 is 2.00 bits per heavy atom. The summed E-state index contributed by atoms with van der Waals surface area (Å²) in [7, 11) is 1.66. The summed E-state index contributed by atoms with van der Waals surface area (Å²) in [5, 5.41) is 17.2. The molecule has 100 valence electrons. The van der Waals surface area contributed by atoms with E-state index in [0.29, 0.717) is 22.8 Å². The van der Waals surface area contributed by atoms with Gasteiger partial charge in [-0.15, -0.1) is 0 Å². The Labute approximate surface area is 111 Å². The fourth-order valence-electron chi connectivity index (χ4n) is 2.75. The molecule has 0 saturated heterocycles. The van der Waals surface area contributed by atoms with Gasteiger partial charge in [-0.1, -0.05) is 0 Å². The molecule has 1 aliphatic carbocycles. The van der Waals surface area contributed by atoms with Gasteiger partial charge in [0.15, 0.2) is 0 Å². The van der Waals surface area contributed by atoms with Gasteiger partial charge < -0.3 is 15.6 Å². The molecule has 5 nitrogen and oxygen atoms in total. The topological polar surface area (TPSA) is 84.2 Å². The van der Waals surface area contributed by atoms with E-state index < -0.39 is 0 Å². The Hall–Kier alpha value is -2.17. The van der Waals surface area contributed by atoms with E-state index in [1.165, 1.54) is 0 Å². The molecule has 0 amide bonds. The number of ether oxygens (including phenoxy) is 1. The Morgan fingerprint density at radius 3 is 2.63 bits per heavy atom. The number of rotatable bonds is 2. The summed E-state index contributed by atoms with van der Waals surface area (Å²) in [6, 6.07) is 3.57. The first kappa shape index (κ1) is 11.9. The van der Waals surface area contributed by atoms with E-state index in [1.54, 1.807) is 13.2 Å². The highest BCUT2D eigenvalue weighted by Gasteiger charge is 2.22. The maximum atomic E-state index is 10.5. The Balaban J connectivity index is 2.20. The van der Waals surface area contributed by atoms with Crippen LogP contribution in [-0.4, -0.2) is 22.4 Å². The number of nitrogens with two attached hydrogens (primary N) is 1. The molecule has 1 aromatic heterocycles. The molecular weight excluding hydrogens is 242 g/mol. The largest absolute Gasteiger partial charge is 0.507 e. The summed E-state index contributed by atoms with van der Waals surface area (Å²) < 4.78 is 5.46. The van der Waals surface area contributed by atoms with Gasteiger partial charge in [-0.2, -0.15) is 5.10 Å². The number of phenols is 1. The maximum Gasteiger partial charge on any atom is 0.145 e. The molecule has 0 saturated carbocycles. The van der Waals surface area contributed by atoms with Gasteiger partial charge in [0.2, 0.25) is 0 Å². The molecule has 1 aromatic carbocycles. The number of aromatic nitrogens is 2. The van der Waals surface area contributed by atoms with Gasteiger partial charge >= 0.3 is 0 Å². The van der Waals surface area contributed by atoms with Crippen LogP contribution in [0, 0.1) is 0 Å². The van der Waals surface area contributed by atoms with Gasteiger partial charge in [0.1, 0.15) is 17.3 Å². The smallest absolute Gasteiger partial charge is 0.145 e. The first-order valence-electron chi connectivity index (χ1n) is 6.43. The van der Waals surface area contributed by atoms with Crippen LogP contribution in [0.25, 0.3) is 11.3 Å². The molecule has 4 N–H and O–H groups in total. The quantitative estimate of drug-likeness (QED) is 0.772. The maximum absolute atomic E-state index is 10.5. The number of benzene rings is 1. The fraction of sp³-hybridized carbons (Fsp3) is 0.357. The predicted octanol–water partition coefficient (Wildman–Crippen LogP) is 2.25. The Morgan fingerprint density at radius 1 is 1.26 bits per heavy atom. The Bertz CT molecular complexity index is 619. The molecule has 0 bridgehead atoms. The number of anilines is 1. The number of fused-ring (bicyclic) bond motifs is 1. The van der Waals surface area contributed by atoms with Crippen LogP contribution in [0.2, 0.25) is 0 Å². The molecule has 0 fully saturated rings. The van der Waals surface area contributed by atoms with Gasteiger partial charge in [0.05, 0.1) is 12.8 Å². The standard InChI is InChI=1S/C14H17N3O2/c1-19-12-6-10(11-7-13(15)17-16-11)14(18)9-5-3-2-4-8(9)12/h6-7,18H,2-5H2,1H3,(H3,15,16,17). The van der Waals surface area contributed by atoms with Crippen molar-refractivity contribution in [3.05, 3.63) is 23.3 Å². The number of nitrogen functional groups attached to an aromatic ring is 1. The third-order valence-corrected chi connectivity index (χ3v) is 3.69. The summed E-state index contributed by atoms with van der Waals surface area (Å²) in [5.41, 5.74) is 9.15. The number of nitrogens with one attached hydrogen (secondary N) is 1. The van der Waals surface area contributed by atoms with E-state index in [4.69, 9.17) is 10.5 Å². The summed E-state index contributed by atoms with van der Waals surface area (Å²) in [5.74, 6) is 1.56. The lowest BCUT2D eigenvalue weighted by atomic mass is 9.88. The lowest BCUT2D eigenvalue weighted by molar-refractivity contribution is 0.401. The number of aromatic hydroxyl groups is 1. The van der Waals surface area contributed by atoms with Gasteiger partial charge in [-0.3, -0.25) is 5.10 Å². The highest BCUT2D eigenvalue weighted by molar-refractivity contribution is 5.74. The lowest BCUT2D eigenvalue weighted by Gasteiger charge is -2.21. The monoisotopic (exact) mass is 259 g/mol. The van der Waals surface area contributed by atoms with Gasteiger partial charge in [0.25, 0.3) is 0 Å². The van der Waals surface area contributed by atoms with Crippen LogP contribution in [0.3, 0.4) is 0 Å². The van der Waals surface area contributed by atoms with E-state index in [0.717, 1.165) is 42.6 Å². The lowest BCUT2D eigenvalue weighted by Crippen LogP contribution is -2.06. The molecule has 0 atom stereocenters. The van der Waals surface area contributed by atoms with Gasteiger partial charge in [0, 0.05) is 22.8 Å². The Kier molecular flexibility index (Phi) is 2.81. The second kappa shape index (κ2) is 4.50. The number of hydrogen-bond acceptors (Lipinski definition) is 4. The van der Waals surface area contributed by atoms with E-state index in [9.17, 15) is 5.11 Å². The third-order valence-electron chi connectivity index (χ3n) is 3.69. The summed E-state index contributed by atoms with van der Waals surface area (Å²) in [4.78, 5) is 0. The molecule has 0 radical (unpaired) electrons. The van der Waals surface area contributed by atoms with Crippen molar-refractivity contribution >= 4 is 5.82 Å². The number of phenolic OH excluding ortho intramolecular Hbond substituents is 1. The van der Waals surface area contributed by atoms with E-state index in [1.807, 2.05) is 6.07 Å². The van der Waals surface area contributed by atoms with Crippen molar-refractivity contribution < 1.29 is 9.84 Å². The van der Waals surface area contributed by atoms with Crippen LogP contribution in [-0.2, 0) is 12.8 Å². The first-order valence-corrected chi connectivity index (χ1v) is 6.43. The van der Waals surface area contributed by atoms with Crippen molar-refractivity contribution in [2.45, 2.75) is 25.7 Å². The molecule has 1 heterocycles. The normalized spacial score (nSPS) is 14.2. The second-order valence-electron chi connectivity index (χ2n) is 4.85. The second-order valence-corrected chi connectivity index (χ2v) is 4.85. The highest BCUT2D eigenvalue weighted by atomic mass is 16.5. The molecule has 1 aliphatic rings.